The van der Waals surface area contributed by atoms with Crippen molar-refractivity contribution in [2.75, 3.05) is 24.6 Å². The summed E-state index contributed by atoms with van der Waals surface area (Å²) < 4.78 is 5.73. The second-order valence-electron chi connectivity index (χ2n) is 6.90. The summed E-state index contributed by atoms with van der Waals surface area (Å²) in [7, 11) is 0. The van der Waals surface area contributed by atoms with Crippen molar-refractivity contribution in [1.82, 2.24) is 5.32 Å². The van der Waals surface area contributed by atoms with E-state index in [1.807, 2.05) is 24.3 Å². The lowest BCUT2D eigenvalue weighted by molar-refractivity contribution is -0.126. The summed E-state index contributed by atoms with van der Waals surface area (Å²) in [6.45, 7) is 3.29. The van der Waals surface area contributed by atoms with Crippen LogP contribution in [0.15, 0.2) is 48.5 Å². The molecule has 0 aromatic heterocycles. The molecule has 0 aliphatic carbocycles. The van der Waals surface area contributed by atoms with Crippen molar-refractivity contribution in [2.45, 2.75) is 25.8 Å². The molecule has 25 heavy (non-hydrogen) atoms. The third kappa shape index (κ3) is 3.63. The highest BCUT2D eigenvalue weighted by atomic mass is 16.5. The Hall–Kier alpha value is -2.49. The normalized spacial score (nSPS) is 19.2. The van der Waals surface area contributed by atoms with Gasteiger partial charge in [0.2, 0.25) is 5.91 Å². The van der Waals surface area contributed by atoms with Crippen LogP contribution in [0.4, 0.5) is 5.69 Å². The fraction of sp³-hybridized carbons (Fsp3) is 0.381. The molecule has 4 rings (SSSR count). The van der Waals surface area contributed by atoms with Crippen LogP contribution in [-0.2, 0) is 17.8 Å². The fourth-order valence-corrected chi connectivity index (χ4v) is 3.67. The Morgan fingerprint density at radius 1 is 1.12 bits per heavy atom. The number of hydrogen-bond acceptors (Lipinski definition) is 3. The maximum absolute atomic E-state index is 12.5. The predicted molar refractivity (Wildman–Crippen MR) is 98.9 cm³/mol. The van der Waals surface area contributed by atoms with Gasteiger partial charge in [0, 0.05) is 25.3 Å². The van der Waals surface area contributed by atoms with E-state index in [1.54, 1.807) is 0 Å². The second-order valence-corrected chi connectivity index (χ2v) is 6.90. The van der Waals surface area contributed by atoms with Crippen molar-refractivity contribution in [3.63, 3.8) is 0 Å². The minimum atomic E-state index is -0.114. The predicted octanol–water partition coefficient (Wildman–Crippen LogP) is 3.15. The fourth-order valence-electron chi connectivity index (χ4n) is 3.67. The van der Waals surface area contributed by atoms with Crippen molar-refractivity contribution < 1.29 is 9.53 Å². The molecular formula is C21H24N2O2. The van der Waals surface area contributed by atoms with Gasteiger partial charge in [-0.1, -0.05) is 30.3 Å². The monoisotopic (exact) mass is 336 g/mol. The molecule has 1 N–H and O–H groups in total. The molecule has 0 saturated carbocycles. The number of para-hydroxylation sites is 1. The summed E-state index contributed by atoms with van der Waals surface area (Å²) in [6.07, 6.45) is 3.28. The molecule has 1 amide bonds. The van der Waals surface area contributed by atoms with Gasteiger partial charge in [-0.25, -0.2) is 0 Å². The average molecular weight is 336 g/mol. The van der Waals surface area contributed by atoms with Crippen molar-refractivity contribution in [3.05, 3.63) is 59.7 Å². The van der Waals surface area contributed by atoms with E-state index in [0.717, 1.165) is 36.4 Å². The molecule has 4 nitrogen and oxygen atoms in total. The van der Waals surface area contributed by atoms with Gasteiger partial charge in [0.25, 0.3) is 0 Å². The number of nitrogens with one attached hydrogen (secondary N) is 1. The summed E-state index contributed by atoms with van der Waals surface area (Å²) in [4.78, 5) is 14.9. The van der Waals surface area contributed by atoms with Gasteiger partial charge in [0.05, 0.1) is 5.92 Å². The van der Waals surface area contributed by atoms with Crippen LogP contribution in [0, 0.1) is 5.92 Å². The first-order valence-electron chi connectivity index (χ1n) is 9.12. The molecule has 2 heterocycles. The Kier molecular flexibility index (Phi) is 4.59. The van der Waals surface area contributed by atoms with Gasteiger partial charge in [0.1, 0.15) is 12.4 Å². The maximum atomic E-state index is 12.5. The lowest BCUT2D eigenvalue weighted by Gasteiger charge is -2.24. The smallest absolute Gasteiger partial charge is 0.227 e. The quantitative estimate of drug-likeness (QED) is 0.932. The molecule has 1 unspecified atom stereocenters. The van der Waals surface area contributed by atoms with E-state index in [-0.39, 0.29) is 11.8 Å². The van der Waals surface area contributed by atoms with Crippen molar-refractivity contribution in [3.8, 4) is 5.75 Å². The highest BCUT2D eigenvalue weighted by molar-refractivity contribution is 5.79. The van der Waals surface area contributed by atoms with Crippen LogP contribution in [0.25, 0.3) is 0 Å². The molecule has 0 spiro atoms. The first kappa shape index (κ1) is 16.0. The number of rotatable bonds is 4. The maximum Gasteiger partial charge on any atom is 0.227 e. The summed E-state index contributed by atoms with van der Waals surface area (Å²) in [5, 5.41) is 3.08. The molecule has 1 saturated heterocycles. The highest BCUT2D eigenvalue weighted by Crippen LogP contribution is 2.27. The van der Waals surface area contributed by atoms with Gasteiger partial charge in [-0.15, -0.1) is 0 Å². The number of benzene rings is 2. The Labute approximate surface area is 148 Å². The third-order valence-corrected chi connectivity index (χ3v) is 5.10. The molecule has 1 fully saturated rings. The van der Waals surface area contributed by atoms with E-state index >= 15 is 0 Å². The summed E-state index contributed by atoms with van der Waals surface area (Å²) >= 11 is 0. The van der Waals surface area contributed by atoms with Gasteiger partial charge in [-0.05, 0) is 48.6 Å². The first-order chi connectivity index (χ1) is 12.3. The van der Waals surface area contributed by atoms with Crippen LogP contribution in [0.2, 0.25) is 0 Å². The number of anilines is 1. The molecule has 0 radical (unpaired) electrons. The minimum absolute atomic E-state index is 0.0704. The summed E-state index contributed by atoms with van der Waals surface area (Å²) in [5.41, 5.74) is 3.53. The highest BCUT2D eigenvalue weighted by Gasteiger charge is 2.25. The second kappa shape index (κ2) is 7.18. The van der Waals surface area contributed by atoms with Crippen LogP contribution in [0.1, 0.15) is 24.0 Å². The summed E-state index contributed by atoms with van der Waals surface area (Å²) in [6, 6.07) is 16.5. The van der Waals surface area contributed by atoms with Crippen LogP contribution >= 0.6 is 0 Å². The average Bonchev–Trinajstić information content (AvgIpc) is 3.21. The van der Waals surface area contributed by atoms with Gasteiger partial charge in [0.15, 0.2) is 0 Å². The molecule has 2 aromatic rings. The lowest BCUT2D eigenvalue weighted by Crippen LogP contribution is -2.37. The molecule has 0 bridgehead atoms. The lowest BCUT2D eigenvalue weighted by atomic mass is 9.96. The SMILES string of the molecule is O=C(NCc1cccc(N2CCCC2)c1)C1COc2ccccc2C1. The zero-order valence-electron chi connectivity index (χ0n) is 14.4. The van der Waals surface area contributed by atoms with Gasteiger partial charge in [-0.2, -0.15) is 0 Å². The van der Waals surface area contributed by atoms with Crippen LogP contribution in [-0.4, -0.2) is 25.6 Å². The minimum Gasteiger partial charge on any atom is -0.492 e. The number of hydrogen-bond donors (Lipinski definition) is 1. The van der Waals surface area contributed by atoms with E-state index in [0.29, 0.717) is 13.2 Å². The topological polar surface area (TPSA) is 41.6 Å². The number of ether oxygens (including phenoxy) is 1. The number of amides is 1. The number of carbonyl (C=O) groups excluding carboxylic acids is 1. The van der Waals surface area contributed by atoms with E-state index in [9.17, 15) is 4.79 Å². The molecular weight excluding hydrogens is 312 g/mol. The van der Waals surface area contributed by atoms with E-state index < -0.39 is 0 Å². The summed E-state index contributed by atoms with van der Waals surface area (Å²) in [5.74, 6) is 0.864. The Bertz CT molecular complexity index is 753. The molecule has 2 aliphatic heterocycles. The molecule has 130 valence electrons. The first-order valence-corrected chi connectivity index (χ1v) is 9.12. The third-order valence-electron chi connectivity index (χ3n) is 5.10. The number of nitrogens with zero attached hydrogens (tertiary/aromatic N) is 1. The largest absolute Gasteiger partial charge is 0.492 e. The van der Waals surface area contributed by atoms with Gasteiger partial charge >= 0.3 is 0 Å². The zero-order chi connectivity index (χ0) is 17.1. The van der Waals surface area contributed by atoms with Crippen molar-refractivity contribution >= 4 is 11.6 Å². The van der Waals surface area contributed by atoms with E-state index in [4.69, 9.17) is 4.74 Å². The van der Waals surface area contributed by atoms with Crippen LogP contribution in [0.5, 0.6) is 5.75 Å². The molecule has 2 aromatic carbocycles. The zero-order valence-corrected chi connectivity index (χ0v) is 14.4. The Morgan fingerprint density at radius 2 is 1.96 bits per heavy atom. The standard InChI is InChI=1S/C21H24N2O2/c24-21(18-13-17-7-1-2-9-20(17)25-15-18)22-14-16-6-5-8-19(12-16)23-10-3-4-11-23/h1-2,5-9,12,18H,3-4,10-11,13-15H2,(H,22,24). The van der Waals surface area contributed by atoms with Gasteiger partial charge < -0.3 is 15.0 Å². The molecule has 1 atom stereocenters. The molecule has 4 heteroatoms. The van der Waals surface area contributed by atoms with Crippen molar-refractivity contribution in [2.24, 2.45) is 5.92 Å². The molecule has 2 aliphatic rings. The van der Waals surface area contributed by atoms with Crippen molar-refractivity contribution in [1.29, 1.82) is 0 Å². The Balaban J connectivity index is 1.35. The number of fused-ring (bicyclic) bond motifs is 1. The van der Waals surface area contributed by atoms with Crippen LogP contribution in [0.3, 0.4) is 0 Å². The number of carbonyl (C=O) groups is 1. The van der Waals surface area contributed by atoms with Gasteiger partial charge in [-0.3, -0.25) is 4.79 Å². The van der Waals surface area contributed by atoms with E-state index in [1.165, 1.54) is 18.5 Å². The van der Waals surface area contributed by atoms with Crippen LogP contribution < -0.4 is 15.0 Å². The Morgan fingerprint density at radius 3 is 2.84 bits per heavy atom. The van der Waals surface area contributed by atoms with E-state index in [2.05, 4.69) is 34.5 Å².